The van der Waals surface area contributed by atoms with Gasteiger partial charge in [-0.25, -0.2) is 9.97 Å². The van der Waals surface area contributed by atoms with Crippen LogP contribution in [0.1, 0.15) is 29.4 Å². The molecule has 0 aliphatic carbocycles. The number of ether oxygens (including phenoxy) is 1. The molecular weight excluding hydrogens is 250 g/mol. The molecule has 0 aliphatic heterocycles. The van der Waals surface area contributed by atoms with Gasteiger partial charge in [0.05, 0.1) is 6.61 Å². The Morgan fingerprint density at radius 3 is 2.35 bits per heavy atom. The van der Waals surface area contributed by atoms with Crippen LogP contribution in [0.4, 0.5) is 5.95 Å². The topological polar surface area (TPSA) is 47.0 Å². The molecule has 0 atom stereocenters. The second kappa shape index (κ2) is 7.01. The van der Waals surface area contributed by atoms with E-state index in [1.54, 1.807) is 0 Å². The second-order valence-corrected chi connectivity index (χ2v) is 4.73. The Labute approximate surface area is 120 Å². The molecule has 2 aromatic rings. The summed E-state index contributed by atoms with van der Waals surface area (Å²) in [6, 6.07) is 10.2. The highest BCUT2D eigenvalue weighted by Crippen LogP contribution is 2.12. The zero-order chi connectivity index (χ0) is 14.4. The molecule has 0 unspecified atom stereocenters. The molecule has 0 radical (unpaired) electrons. The Hall–Kier alpha value is -1.94. The van der Waals surface area contributed by atoms with Gasteiger partial charge in [-0.3, -0.25) is 0 Å². The van der Waals surface area contributed by atoms with Crippen molar-refractivity contribution in [2.24, 2.45) is 0 Å². The average molecular weight is 271 g/mol. The van der Waals surface area contributed by atoms with Crippen LogP contribution in [0.25, 0.3) is 0 Å². The van der Waals surface area contributed by atoms with Crippen LogP contribution < -0.4 is 5.32 Å². The first-order valence-electron chi connectivity index (χ1n) is 6.89. The van der Waals surface area contributed by atoms with Gasteiger partial charge in [0.15, 0.2) is 0 Å². The molecule has 0 aliphatic rings. The number of nitrogens with zero attached hydrogens (tertiary/aromatic N) is 2. The fraction of sp³-hybridized carbons (Fsp3) is 0.375. The highest BCUT2D eigenvalue weighted by atomic mass is 16.5. The lowest BCUT2D eigenvalue weighted by molar-refractivity contribution is 0.133. The standard InChI is InChI=1S/C16H21N3O/c1-4-20-11-15-8-6-5-7-14(15)10-17-16-18-12(2)9-13(3)19-16/h5-9H,4,10-11H2,1-3H3,(H,17,18,19). The zero-order valence-electron chi connectivity index (χ0n) is 12.3. The van der Waals surface area contributed by atoms with Gasteiger partial charge in [-0.05, 0) is 38.0 Å². The quantitative estimate of drug-likeness (QED) is 0.876. The first kappa shape index (κ1) is 14.5. The number of anilines is 1. The van der Waals surface area contributed by atoms with Gasteiger partial charge >= 0.3 is 0 Å². The predicted octanol–water partition coefficient (Wildman–Crippen LogP) is 3.24. The van der Waals surface area contributed by atoms with Crippen molar-refractivity contribution in [2.45, 2.75) is 33.9 Å². The van der Waals surface area contributed by atoms with Gasteiger partial charge < -0.3 is 10.1 Å². The Morgan fingerprint density at radius 1 is 1.05 bits per heavy atom. The molecule has 1 heterocycles. The summed E-state index contributed by atoms with van der Waals surface area (Å²) in [6.45, 7) is 8.02. The van der Waals surface area contributed by atoms with E-state index in [-0.39, 0.29) is 0 Å². The number of hydrogen-bond donors (Lipinski definition) is 1. The summed E-state index contributed by atoms with van der Waals surface area (Å²) in [5.74, 6) is 0.675. The molecule has 0 amide bonds. The Morgan fingerprint density at radius 2 is 1.70 bits per heavy atom. The first-order chi connectivity index (χ1) is 9.69. The van der Waals surface area contributed by atoms with E-state index in [1.165, 1.54) is 11.1 Å². The third kappa shape index (κ3) is 4.03. The Bertz CT molecular complexity index is 549. The van der Waals surface area contributed by atoms with E-state index in [2.05, 4.69) is 27.4 Å². The van der Waals surface area contributed by atoms with Crippen molar-refractivity contribution < 1.29 is 4.74 Å². The van der Waals surface area contributed by atoms with Crippen LogP contribution in [0.15, 0.2) is 30.3 Å². The third-order valence-electron chi connectivity index (χ3n) is 3.00. The molecule has 106 valence electrons. The monoisotopic (exact) mass is 271 g/mol. The van der Waals surface area contributed by atoms with Crippen molar-refractivity contribution in [1.29, 1.82) is 0 Å². The van der Waals surface area contributed by atoms with E-state index >= 15 is 0 Å². The van der Waals surface area contributed by atoms with Crippen molar-refractivity contribution in [1.82, 2.24) is 9.97 Å². The number of rotatable bonds is 6. The highest BCUT2D eigenvalue weighted by molar-refractivity contribution is 5.33. The number of aromatic nitrogens is 2. The summed E-state index contributed by atoms with van der Waals surface area (Å²) < 4.78 is 5.49. The van der Waals surface area contributed by atoms with Crippen molar-refractivity contribution >= 4 is 5.95 Å². The predicted molar refractivity (Wildman–Crippen MR) is 80.6 cm³/mol. The molecule has 0 saturated carbocycles. The van der Waals surface area contributed by atoms with Crippen LogP contribution in [0.5, 0.6) is 0 Å². The lowest BCUT2D eigenvalue weighted by atomic mass is 10.1. The van der Waals surface area contributed by atoms with E-state index in [0.29, 0.717) is 19.1 Å². The van der Waals surface area contributed by atoms with Crippen LogP contribution >= 0.6 is 0 Å². The van der Waals surface area contributed by atoms with Gasteiger partial charge in [0.1, 0.15) is 0 Å². The molecule has 0 saturated heterocycles. The van der Waals surface area contributed by atoms with Gasteiger partial charge in [-0.1, -0.05) is 24.3 Å². The first-order valence-corrected chi connectivity index (χ1v) is 6.89. The fourth-order valence-electron chi connectivity index (χ4n) is 2.06. The maximum Gasteiger partial charge on any atom is 0.223 e. The van der Waals surface area contributed by atoms with Crippen LogP contribution in [-0.4, -0.2) is 16.6 Å². The smallest absolute Gasteiger partial charge is 0.223 e. The van der Waals surface area contributed by atoms with E-state index in [9.17, 15) is 0 Å². The zero-order valence-corrected chi connectivity index (χ0v) is 12.3. The highest BCUT2D eigenvalue weighted by Gasteiger charge is 2.03. The van der Waals surface area contributed by atoms with Crippen molar-refractivity contribution in [3.63, 3.8) is 0 Å². The SMILES string of the molecule is CCOCc1ccccc1CNc1nc(C)cc(C)n1. The molecule has 20 heavy (non-hydrogen) atoms. The number of aryl methyl sites for hydroxylation is 2. The van der Waals surface area contributed by atoms with Gasteiger partial charge in [0, 0.05) is 24.5 Å². The summed E-state index contributed by atoms with van der Waals surface area (Å²) in [7, 11) is 0. The number of nitrogens with one attached hydrogen (secondary N) is 1. The third-order valence-corrected chi connectivity index (χ3v) is 3.00. The van der Waals surface area contributed by atoms with Crippen molar-refractivity contribution in [3.8, 4) is 0 Å². The minimum atomic E-state index is 0.641. The molecule has 2 rings (SSSR count). The summed E-state index contributed by atoms with van der Waals surface area (Å²) in [5.41, 5.74) is 4.36. The van der Waals surface area contributed by atoms with Crippen LogP contribution in [0.2, 0.25) is 0 Å². The molecule has 1 aromatic heterocycles. The lowest BCUT2D eigenvalue weighted by Gasteiger charge is -2.11. The molecular formula is C16H21N3O. The summed E-state index contributed by atoms with van der Waals surface area (Å²) >= 11 is 0. The van der Waals surface area contributed by atoms with Crippen LogP contribution in [0, 0.1) is 13.8 Å². The molecule has 4 heteroatoms. The molecule has 1 aromatic carbocycles. The Kier molecular flexibility index (Phi) is 5.07. The van der Waals surface area contributed by atoms with Crippen LogP contribution in [0.3, 0.4) is 0 Å². The van der Waals surface area contributed by atoms with E-state index in [0.717, 1.165) is 18.0 Å². The molecule has 0 bridgehead atoms. The lowest BCUT2D eigenvalue weighted by Crippen LogP contribution is -2.07. The number of benzene rings is 1. The largest absolute Gasteiger partial charge is 0.377 e. The second-order valence-electron chi connectivity index (χ2n) is 4.73. The summed E-state index contributed by atoms with van der Waals surface area (Å²) in [5, 5.41) is 3.28. The maximum atomic E-state index is 5.49. The normalized spacial score (nSPS) is 10.6. The number of hydrogen-bond acceptors (Lipinski definition) is 4. The maximum absolute atomic E-state index is 5.49. The summed E-state index contributed by atoms with van der Waals surface area (Å²) in [4.78, 5) is 8.77. The molecule has 0 spiro atoms. The fourth-order valence-corrected chi connectivity index (χ4v) is 2.06. The van der Waals surface area contributed by atoms with Gasteiger partial charge in [-0.2, -0.15) is 0 Å². The Balaban J connectivity index is 2.06. The van der Waals surface area contributed by atoms with E-state index in [1.807, 2.05) is 39.0 Å². The average Bonchev–Trinajstić information content (AvgIpc) is 2.43. The minimum absolute atomic E-state index is 0.641. The van der Waals surface area contributed by atoms with Crippen molar-refractivity contribution in [2.75, 3.05) is 11.9 Å². The molecule has 4 nitrogen and oxygen atoms in total. The van der Waals surface area contributed by atoms with E-state index < -0.39 is 0 Å². The van der Waals surface area contributed by atoms with Gasteiger partial charge in [-0.15, -0.1) is 0 Å². The summed E-state index contributed by atoms with van der Waals surface area (Å²) in [6.07, 6.45) is 0. The van der Waals surface area contributed by atoms with E-state index in [4.69, 9.17) is 4.74 Å². The van der Waals surface area contributed by atoms with Crippen LogP contribution in [-0.2, 0) is 17.9 Å². The van der Waals surface area contributed by atoms with Crippen molar-refractivity contribution in [3.05, 3.63) is 52.8 Å². The van der Waals surface area contributed by atoms with Gasteiger partial charge in [0.2, 0.25) is 5.95 Å². The minimum Gasteiger partial charge on any atom is -0.377 e. The molecule has 0 fully saturated rings. The molecule has 1 N–H and O–H groups in total. The van der Waals surface area contributed by atoms with Gasteiger partial charge in [0.25, 0.3) is 0 Å².